The van der Waals surface area contributed by atoms with Crippen molar-refractivity contribution < 1.29 is 9.21 Å². The molecule has 0 bridgehead atoms. The summed E-state index contributed by atoms with van der Waals surface area (Å²) in [6.07, 6.45) is 6.74. The van der Waals surface area contributed by atoms with Gasteiger partial charge in [0.15, 0.2) is 11.5 Å². The van der Waals surface area contributed by atoms with E-state index in [0.717, 1.165) is 75.0 Å². The molecule has 1 amide bonds. The second-order valence-corrected chi connectivity index (χ2v) is 7.90. The number of nitrogens with zero attached hydrogens (tertiary/aromatic N) is 3. The van der Waals surface area contributed by atoms with Gasteiger partial charge in [0.2, 0.25) is 5.91 Å². The van der Waals surface area contributed by atoms with Crippen molar-refractivity contribution >= 4 is 17.0 Å². The summed E-state index contributed by atoms with van der Waals surface area (Å²) in [6, 6.07) is 10.2. The lowest BCUT2D eigenvalue weighted by molar-refractivity contribution is -0.124. The Morgan fingerprint density at radius 3 is 2.89 bits per heavy atom. The number of benzene rings is 1. The van der Waals surface area contributed by atoms with Gasteiger partial charge in [0.05, 0.1) is 12.6 Å². The lowest BCUT2D eigenvalue weighted by atomic mass is 9.83. The van der Waals surface area contributed by atoms with Crippen molar-refractivity contribution in [2.24, 2.45) is 0 Å². The van der Waals surface area contributed by atoms with Crippen LogP contribution in [0.2, 0.25) is 0 Å². The molecule has 27 heavy (non-hydrogen) atoms. The third-order valence-corrected chi connectivity index (χ3v) is 5.83. The summed E-state index contributed by atoms with van der Waals surface area (Å²) in [5.41, 5.74) is 1.04. The van der Waals surface area contributed by atoms with Gasteiger partial charge in [-0.2, -0.15) is 5.26 Å². The molecule has 1 unspecified atom stereocenters. The zero-order valence-corrected chi connectivity index (χ0v) is 15.6. The number of hydrogen-bond acceptors (Lipinski definition) is 5. The molecule has 0 spiro atoms. The summed E-state index contributed by atoms with van der Waals surface area (Å²) < 4.78 is 5.93. The number of nitriles is 1. The summed E-state index contributed by atoms with van der Waals surface area (Å²) in [4.78, 5) is 19.4. The SMILES string of the molecule is N#CC1(NC(=O)CN2CCCC(c3nc4ccccc4o3)C2)CCCCC1. The van der Waals surface area contributed by atoms with Crippen molar-refractivity contribution in [3.05, 3.63) is 30.2 Å². The van der Waals surface area contributed by atoms with Gasteiger partial charge in [-0.25, -0.2) is 4.98 Å². The standard InChI is InChI=1S/C21H26N4O2/c22-15-21(10-4-1-5-11-21)24-19(26)14-25-12-6-7-16(13-25)20-23-17-8-2-3-9-18(17)27-20/h2-3,8-9,16H,1,4-7,10-14H2,(H,24,26). The Hall–Kier alpha value is -2.39. The predicted octanol–water partition coefficient (Wildman–Crippen LogP) is 3.35. The van der Waals surface area contributed by atoms with Crippen molar-refractivity contribution in [3.63, 3.8) is 0 Å². The van der Waals surface area contributed by atoms with E-state index in [-0.39, 0.29) is 11.8 Å². The van der Waals surface area contributed by atoms with Gasteiger partial charge in [-0.3, -0.25) is 9.69 Å². The molecule has 1 saturated carbocycles. The van der Waals surface area contributed by atoms with E-state index >= 15 is 0 Å². The zero-order chi connectivity index (χ0) is 18.7. The van der Waals surface area contributed by atoms with Crippen LogP contribution in [-0.4, -0.2) is 41.0 Å². The molecule has 2 fully saturated rings. The van der Waals surface area contributed by atoms with E-state index in [1.165, 1.54) is 0 Å². The van der Waals surface area contributed by atoms with Gasteiger partial charge in [-0.05, 0) is 44.4 Å². The van der Waals surface area contributed by atoms with Crippen LogP contribution in [0.25, 0.3) is 11.1 Å². The molecule has 2 heterocycles. The van der Waals surface area contributed by atoms with E-state index in [1.54, 1.807) is 0 Å². The van der Waals surface area contributed by atoms with Gasteiger partial charge < -0.3 is 9.73 Å². The summed E-state index contributed by atoms with van der Waals surface area (Å²) in [7, 11) is 0. The van der Waals surface area contributed by atoms with E-state index in [4.69, 9.17) is 4.42 Å². The first-order valence-corrected chi connectivity index (χ1v) is 9.98. The fourth-order valence-corrected chi connectivity index (χ4v) is 4.39. The molecule has 6 nitrogen and oxygen atoms in total. The van der Waals surface area contributed by atoms with E-state index in [1.807, 2.05) is 24.3 Å². The number of carbonyl (C=O) groups excluding carboxylic acids is 1. The Bertz CT molecular complexity index is 814. The summed E-state index contributed by atoms with van der Waals surface area (Å²) in [5.74, 6) is 0.928. The molecule has 0 radical (unpaired) electrons. The Morgan fingerprint density at radius 1 is 1.30 bits per heavy atom. The molecule has 1 aromatic carbocycles. The summed E-state index contributed by atoms with van der Waals surface area (Å²) >= 11 is 0. The molecule has 2 aliphatic rings. The van der Waals surface area contributed by atoms with E-state index in [2.05, 4.69) is 21.3 Å². The van der Waals surface area contributed by atoms with Crippen LogP contribution in [0.3, 0.4) is 0 Å². The molecule has 1 N–H and O–H groups in total. The number of likely N-dealkylation sites (tertiary alicyclic amines) is 1. The first-order chi connectivity index (χ1) is 13.2. The average molecular weight is 366 g/mol. The third-order valence-electron chi connectivity index (χ3n) is 5.83. The number of nitrogens with one attached hydrogen (secondary N) is 1. The Labute approximate surface area is 159 Å². The number of amides is 1. The first-order valence-electron chi connectivity index (χ1n) is 9.98. The summed E-state index contributed by atoms with van der Waals surface area (Å²) in [6.45, 7) is 1.99. The lowest BCUT2D eigenvalue weighted by Gasteiger charge is -2.34. The maximum atomic E-state index is 12.6. The molecule has 1 aliphatic heterocycles. The lowest BCUT2D eigenvalue weighted by Crippen LogP contribution is -2.52. The van der Waals surface area contributed by atoms with E-state index in [9.17, 15) is 10.1 Å². The molecule has 2 aromatic rings. The highest BCUT2D eigenvalue weighted by Crippen LogP contribution is 2.30. The molecule has 1 saturated heterocycles. The number of hydrogen-bond donors (Lipinski definition) is 1. The molecule has 1 atom stereocenters. The molecular weight excluding hydrogens is 340 g/mol. The van der Waals surface area contributed by atoms with Crippen molar-refractivity contribution in [1.29, 1.82) is 5.26 Å². The normalized spacial score (nSPS) is 23.0. The van der Waals surface area contributed by atoms with Gasteiger partial charge in [-0.15, -0.1) is 0 Å². The fourth-order valence-electron chi connectivity index (χ4n) is 4.39. The van der Waals surface area contributed by atoms with E-state index in [0.29, 0.717) is 6.54 Å². The minimum atomic E-state index is -0.662. The monoisotopic (exact) mass is 366 g/mol. The summed E-state index contributed by atoms with van der Waals surface area (Å²) in [5, 5.41) is 12.6. The molecule has 6 heteroatoms. The number of fused-ring (bicyclic) bond motifs is 1. The van der Waals surface area contributed by atoms with Crippen LogP contribution in [0.4, 0.5) is 0 Å². The number of carbonyl (C=O) groups is 1. The van der Waals surface area contributed by atoms with Crippen LogP contribution in [0, 0.1) is 11.3 Å². The minimum Gasteiger partial charge on any atom is -0.440 e. The molecule has 1 aliphatic carbocycles. The van der Waals surface area contributed by atoms with Gasteiger partial charge in [0, 0.05) is 12.5 Å². The quantitative estimate of drug-likeness (QED) is 0.897. The number of oxazole rings is 1. The number of rotatable bonds is 4. The highest BCUT2D eigenvalue weighted by Gasteiger charge is 2.34. The van der Waals surface area contributed by atoms with Crippen LogP contribution in [0.1, 0.15) is 56.8 Å². The molecule has 4 rings (SSSR count). The second kappa shape index (κ2) is 7.69. The molecular formula is C21H26N4O2. The molecule has 1 aromatic heterocycles. The van der Waals surface area contributed by atoms with Gasteiger partial charge in [0.25, 0.3) is 0 Å². The van der Waals surface area contributed by atoms with Crippen molar-refractivity contribution in [2.75, 3.05) is 19.6 Å². The van der Waals surface area contributed by atoms with Crippen molar-refractivity contribution in [1.82, 2.24) is 15.2 Å². The Morgan fingerprint density at radius 2 is 2.11 bits per heavy atom. The largest absolute Gasteiger partial charge is 0.440 e. The smallest absolute Gasteiger partial charge is 0.235 e. The Balaban J connectivity index is 1.38. The van der Waals surface area contributed by atoms with Crippen LogP contribution >= 0.6 is 0 Å². The number of piperidine rings is 1. The van der Waals surface area contributed by atoms with Gasteiger partial charge in [0.1, 0.15) is 11.1 Å². The third kappa shape index (κ3) is 3.98. The fraction of sp³-hybridized carbons (Fsp3) is 0.571. The van der Waals surface area contributed by atoms with Crippen LogP contribution in [-0.2, 0) is 4.79 Å². The highest BCUT2D eigenvalue weighted by molar-refractivity contribution is 5.79. The van der Waals surface area contributed by atoms with Crippen LogP contribution in [0.15, 0.2) is 28.7 Å². The van der Waals surface area contributed by atoms with Gasteiger partial charge in [-0.1, -0.05) is 31.4 Å². The van der Waals surface area contributed by atoms with Crippen LogP contribution < -0.4 is 5.32 Å². The molecule has 142 valence electrons. The second-order valence-electron chi connectivity index (χ2n) is 7.90. The minimum absolute atomic E-state index is 0.0448. The average Bonchev–Trinajstić information content (AvgIpc) is 3.13. The maximum Gasteiger partial charge on any atom is 0.235 e. The van der Waals surface area contributed by atoms with Gasteiger partial charge >= 0.3 is 0 Å². The highest BCUT2D eigenvalue weighted by atomic mass is 16.3. The Kier molecular flexibility index (Phi) is 5.13. The van der Waals surface area contributed by atoms with Crippen molar-refractivity contribution in [2.45, 2.75) is 56.4 Å². The zero-order valence-electron chi connectivity index (χ0n) is 15.6. The first kappa shape index (κ1) is 18.0. The maximum absolute atomic E-state index is 12.6. The van der Waals surface area contributed by atoms with Crippen molar-refractivity contribution in [3.8, 4) is 6.07 Å². The number of aromatic nitrogens is 1. The predicted molar refractivity (Wildman–Crippen MR) is 102 cm³/mol. The van der Waals surface area contributed by atoms with E-state index < -0.39 is 5.54 Å². The topological polar surface area (TPSA) is 82.2 Å². The number of para-hydroxylation sites is 2. The van der Waals surface area contributed by atoms with Crippen LogP contribution in [0.5, 0.6) is 0 Å².